The zero-order valence-corrected chi connectivity index (χ0v) is 15.8. The molecular formula is C19H33N3O2. The second-order valence-electron chi connectivity index (χ2n) is 6.81. The van der Waals surface area contributed by atoms with E-state index in [2.05, 4.69) is 35.8 Å². The molecule has 1 aromatic carbocycles. The molecular weight excluding hydrogens is 302 g/mol. The Morgan fingerprint density at radius 2 is 2.00 bits per heavy atom. The van der Waals surface area contributed by atoms with E-state index in [0.717, 1.165) is 37.7 Å². The van der Waals surface area contributed by atoms with Gasteiger partial charge in [0.25, 0.3) is 0 Å². The minimum Gasteiger partial charge on any atom is -0.493 e. The molecule has 2 unspecified atom stereocenters. The maximum atomic E-state index is 6.16. The smallest absolute Gasteiger partial charge is 0.161 e. The molecule has 1 fully saturated rings. The highest BCUT2D eigenvalue weighted by Crippen LogP contribution is 2.33. The first kappa shape index (κ1) is 19.0. The van der Waals surface area contributed by atoms with Gasteiger partial charge in [-0.2, -0.15) is 0 Å². The molecule has 1 saturated heterocycles. The number of hydrogen-bond donors (Lipinski definition) is 1. The van der Waals surface area contributed by atoms with E-state index in [-0.39, 0.29) is 12.1 Å². The first-order chi connectivity index (χ1) is 11.5. The van der Waals surface area contributed by atoms with E-state index >= 15 is 0 Å². The van der Waals surface area contributed by atoms with Crippen LogP contribution < -0.4 is 15.2 Å². The van der Waals surface area contributed by atoms with E-state index in [1.54, 1.807) is 7.11 Å². The standard InChI is InChI=1S/C19H33N3O2/c1-6-21-9-10-22(15(4)13-21)17(12-20)16-7-8-18(23-5)19(11-16)24-14(2)3/h7-8,11,14-15,17H,6,9-10,12-13,20H2,1-5H3. The maximum Gasteiger partial charge on any atom is 0.161 e. The van der Waals surface area contributed by atoms with Gasteiger partial charge >= 0.3 is 0 Å². The van der Waals surface area contributed by atoms with Gasteiger partial charge < -0.3 is 20.1 Å². The number of hydrogen-bond acceptors (Lipinski definition) is 5. The average Bonchev–Trinajstić information content (AvgIpc) is 2.56. The fourth-order valence-corrected chi connectivity index (χ4v) is 3.51. The molecule has 2 rings (SSSR count). The SMILES string of the molecule is CCN1CCN(C(CN)c2ccc(OC)c(OC(C)C)c2)C(C)C1. The topological polar surface area (TPSA) is 51.0 Å². The van der Waals surface area contributed by atoms with Crippen LogP contribution in [0, 0.1) is 0 Å². The summed E-state index contributed by atoms with van der Waals surface area (Å²) in [6.45, 7) is 13.5. The molecule has 24 heavy (non-hydrogen) atoms. The number of benzene rings is 1. The zero-order chi connectivity index (χ0) is 17.7. The lowest BCUT2D eigenvalue weighted by Crippen LogP contribution is -2.53. The Morgan fingerprint density at radius 1 is 1.25 bits per heavy atom. The fraction of sp³-hybridized carbons (Fsp3) is 0.684. The normalized spacial score (nSPS) is 21.0. The van der Waals surface area contributed by atoms with Gasteiger partial charge in [0.15, 0.2) is 11.5 Å². The van der Waals surface area contributed by atoms with Gasteiger partial charge in [-0.1, -0.05) is 13.0 Å². The summed E-state index contributed by atoms with van der Waals surface area (Å²) >= 11 is 0. The lowest BCUT2D eigenvalue weighted by atomic mass is 10.0. The van der Waals surface area contributed by atoms with Crippen LogP contribution in [0.25, 0.3) is 0 Å². The van der Waals surface area contributed by atoms with Crippen molar-refractivity contribution in [2.24, 2.45) is 5.73 Å². The number of methoxy groups -OCH3 is 1. The van der Waals surface area contributed by atoms with E-state index in [4.69, 9.17) is 15.2 Å². The molecule has 5 nitrogen and oxygen atoms in total. The Labute approximate surface area is 146 Å². The number of rotatable bonds is 7. The van der Waals surface area contributed by atoms with Gasteiger partial charge in [0, 0.05) is 38.3 Å². The summed E-state index contributed by atoms with van der Waals surface area (Å²) < 4.78 is 11.4. The van der Waals surface area contributed by atoms with E-state index in [0.29, 0.717) is 12.6 Å². The van der Waals surface area contributed by atoms with E-state index < -0.39 is 0 Å². The number of nitrogens with two attached hydrogens (primary N) is 1. The Kier molecular flexibility index (Phi) is 6.90. The lowest BCUT2D eigenvalue weighted by molar-refractivity contribution is 0.0534. The number of nitrogens with zero attached hydrogens (tertiary/aromatic N) is 2. The van der Waals surface area contributed by atoms with E-state index in [9.17, 15) is 0 Å². The van der Waals surface area contributed by atoms with Crippen LogP contribution in [0.15, 0.2) is 18.2 Å². The highest BCUT2D eigenvalue weighted by Gasteiger charge is 2.29. The highest BCUT2D eigenvalue weighted by atomic mass is 16.5. The van der Waals surface area contributed by atoms with Crippen LogP contribution >= 0.6 is 0 Å². The summed E-state index contributed by atoms with van der Waals surface area (Å²) in [7, 11) is 1.68. The predicted octanol–water partition coefficient (Wildman–Crippen LogP) is 2.51. The van der Waals surface area contributed by atoms with E-state index in [1.807, 2.05) is 19.9 Å². The van der Waals surface area contributed by atoms with Gasteiger partial charge in [0.1, 0.15) is 0 Å². The van der Waals surface area contributed by atoms with Crippen LogP contribution in [0.4, 0.5) is 0 Å². The molecule has 0 spiro atoms. The molecule has 0 bridgehead atoms. The fourth-order valence-electron chi connectivity index (χ4n) is 3.51. The largest absolute Gasteiger partial charge is 0.493 e. The molecule has 2 N–H and O–H groups in total. The average molecular weight is 335 g/mol. The summed E-state index contributed by atoms with van der Waals surface area (Å²) in [5.74, 6) is 1.57. The first-order valence-electron chi connectivity index (χ1n) is 9.02. The maximum absolute atomic E-state index is 6.16. The van der Waals surface area contributed by atoms with Gasteiger partial charge in [-0.05, 0) is 45.0 Å². The highest BCUT2D eigenvalue weighted by molar-refractivity contribution is 5.44. The molecule has 0 radical (unpaired) electrons. The van der Waals surface area contributed by atoms with Crippen molar-refractivity contribution in [2.75, 3.05) is 39.8 Å². The molecule has 0 amide bonds. The van der Waals surface area contributed by atoms with Crippen molar-refractivity contribution in [3.63, 3.8) is 0 Å². The summed E-state index contributed by atoms with van der Waals surface area (Å²) in [4.78, 5) is 5.02. The van der Waals surface area contributed by atoms with Crippen molar-refractivity contribution in [1.29, 1.82) is 0 Å². The van der Waals surface area contributed by atoms with Crippen LogP contribution in [0.3, 0.4) is 0 Å². The lowest BCUT2D eigenvalue weighted by Gasteiger charge is -2.43. The predicted molar refractivity (Wildman–Crippen MR) is 98.8 cm³/mol. The molecule has 136 valence electrons. The number of ether oxygens (including phenoxy) is 2. The summed E-state index contributed by atoms with van der Waals surface area (Å²) in [5, 5.41) is 0. The summed E-state index contributed by atoms with van der Waals surface area (Å²) in [6.07, 6.45) is 0.109. The molecule has 2 atom stereocenters. The van der Waals surface area contributed by atoms with Crippen molar-refractivity contribution in [1.82, 2.24) is 9.80 Å². The third-order valence-corrected chi connectivity index (χ3v) is 4.77. The van der Waals surface area contributed by atoms with Crippen LogP contribution in [-0.2, 0) is 0 Å². The first-order valence-corrected chi connectivity index (χ1v) is 9.02. The monoisotopic (exact) mass is 335 g/mol. The quantitative estimate of drug-likeness (QED) is 0.830. The van der Waals surface area contributed by atoms with Crippen LogP contribution in [0.5, 0.6) is 11.5 Å². The van der Waals surface area contributed by atoms with E-state index in [1.165, 1.54) is 5.56 Å². The molecule has 1 aliphatic heterocycles. The van der Waals surface area contributed by atoms with Crippen LogP contribution in [-0.4, -0.2) is 61.8 Å². The van der Waals surface area contributed by atoms with Crippen molar-refractivity contribution in [3.8, 4) is 11.5 Å². The minimum absolute atomic E-state index is 0.109. The van der Waals surface area contributed by atoms with Gasteiger partial charge in [-0.25, -0.2) is 0 Å². The molecule has 0 aromatic heterocycles. The number of piperazine rings is 1. The van der Waals surface area contributed by atoms with Gasteiger partial charge in [0.05, 0.1) is 13.2 Å². The summed E-state index contributed by atoms with van der Waals surface area (Å²) in [5.41, 5.74) is 7.36. The Balaban J connectivity index is 2.23. The van der Waals surface area contributed by atoms with Gasteiger partial charge in [0.2, 0.25) is 0 Å². The van der Waals surface area contributed by atoms with Crippen molar-refractivity contribution in [2.45, 2.75) is 45.9 Å². The Morgan fingerprint density at radius 3 is 2.54 bits per heavy atom. The second-order valence-corrected chi connectivity index (χ2v) is 6.81. The van der Waals surface area contributed by atoms with Crippen molar-refractivity contribution in [3.05, 3.63) is 23.8 Å². The van der Waals surface area contributed by atoms with Gasteiger partial charge in [-0.3, -0.25) is 4.90 Å². The third-order valence-electron chi connectivity index (χ3n) is 4.77. The Hall–Kier alpha value is -1.30. The number of likely N-dealkylation sites (N-methyl/N-ethyl adjacent to an activating group) is 1. The van der Waals surface area contributed by atoms with Crippen LogP contribution in [0.1, 0.15) is 39.3 Å². The molecule has 0 saturated carbocycles. The minimum atomic E-state index is 0.109. The molecule has 1 aliphatic rings. The second kappa shape index (κ2) is 8.70. The molecule has 5 heteroatoms. The third kappa shape index (κ3) is 4.41. The van der Waals surface area contributed by atoms with Gasteiger partial charge in [-0.15, -0.1) is 0 Å². The molecule has 1 heterocycles. The van der Waals surface area contributed by atoms with Crippen molar-refractivity contribution < 1.29 is 9.47 Å². The van der Waals surface area contributed by atoms with Crippen molar-refractivity contribution >= 4 is 0 Å². The zero-order valence-electron chi connectivity index (χ0n) is 15.8. The molecule has 0 aliphatic carbocycles. The Bertz CT molecular complexity index is 521. The van der Waals surface area contributed by atoms with Crippen LogP contribution in [0.2, 0.25) is 0 Å². The summed E-state index contributed by atoms with van der Waals surface area (Å²) in [6, 6.07) is 6.89. The molecule has 1 aromatic rings.